The molecular weight excluding hydrogens is 308 g/mol. The summed E-state index contributed by atoms with van der Waals surface area (Å²) >= 11 is 0. The van der Waals surface area contributed by atoms with Crippen molar-refractivity contribution in [1.29, 1.82) is 0 Å². The molecule has 8 nitrogen and oxygen atoms in total. The van der Waals surface area contributed by atoms with Gasteiger partial charge in [0.25, 0.3) is 5.69 Å². The number of hydrogen-bond donors (Lipinski definition) is 1. The fraction of sp³-hybridized carbons (Fsp3) is 0.188. The molecule has 1 unspecified atom stereocenters. The van der Waals surface area contributed by atoms with Crippen LogP contribution in [0.25, 0.3) is 5.69 Å². The number of nitro groups is 1. The molecule has 0 bridgehead atoms. The Morgan fingerprint density at radius 1 is 1.33 bits per heavy atom. The second-order valence-corrected chi connectivity index (χ2v) is 5.41. The molecule has 1 atom stereocenters. The van der Waals surface area contributed by atoms with Gasteiger partial charge in [-0.15, -0.1) is 0 Å². The van der Waals surface area contributed by atoms with Gasteiger partial charge in [0.2, 0.25) is 0 Å². The van der Waals surface area contributed by atoms with Gasteiger partial charge < -0.3 is 5.32 Å². The van der Waals surface area contributed by atoms with Crippen LogP contribution < -0.4 is 5.32 Å². The van der Waals surface area contributed by atoms with E-state index in [2.05, 4.69) is 20.4 Å². The molecular formula is C16H16N6O2. The summed E-state index contributed by atoms with van der Waals surface area (Å²) in [7, 11) is 0. The first-order chi connectivity index (χ1) is 11.5. The van der Waals surface area contributed by atoms with Crippen molar-refractivity contribution in [3.8, 4) is 5.69 Å². The molecule has 0 aliphatic carbocycles. The lowest BCUT2D eigenvalue weighted by atomic mass is 10.1. The van der Waals surface area contributed by atoms with E-state index in [1.165, 1.54) is 12.5 Å². The highest BCUT2D eigenvalue weighted by Gasteiger charge is 2.13. The molecule has 122 valence electrons. The van der Waals surface area contributed by atoms with Gasteiger partial charge in [0, 0.05) is 5.56 Å². The van der Waals surface area contributed by atoms with Crippen molar-refractivity contribution in [3.05, 3.63) is 70.4 Å². The van der Waals surface area contributed by atoms with Gasteiger partial charge >= 0.3 is 0 Å². The zero-order valence-electron chi connectivity index (χ0n) is 13.2. The molecule has 1 N–H and O–H groups in total. The number of benzene rings is 1. The Hall–Kier alpha value is -3.29. The van der Waals surface area contributed by atoms with E-state index in [4.69, 9.17) is 0 Å². The number of nitrogens with zero attached hydrogens (tertiary/aromatic N) is 5. The maximum atomic E-state index is 10.9. The maximum Gasteiger partial charge on any atom is 0.290 e. The molecule has 0 aliphatic rings. The molecule has 2 aromatic heterocycles. The highest BCUT2D eigenvalue weighted by Crippen LogP contribution is 2.23. The number of aromatic nitrogens is 4. The fourth-order valence-electron chi connectivity index (χ4n) is 2.40. The average molecular weight is 324 g/mol. The van der Waals surface area contributed by atoms with Crippen molar-refractivity contribution in [2.75, 3.05) is 5.32 Å². The van der Waals surface area contributed by atoms with Crippen molar-refractivity contribution in [1.82, 2.24) is 19.7 Å². The van der Waals surface area contributed by atoms with Crippen molar-refractivity contribution in [2.45, 2.75) is 19.9 Å². The molecule has 3 aromatic rings. The predicted octanol–water partition coefficient (Wildman–Crippen LogP) is 3.05. The normalized spacial score (nSPS) is 11.9. The summed E-state index contributed by atoms with van der Waals surface area (Å²) in [5, 5.41) is 18.2. The molecule has 1 aromatic carbocycles. The standard InChI is InChI=1S/C16H16N6O2/c1-11-6-16(18-8-15(11)22(23)24)20-12(2)13-4-3-5-14(7-13)21-10-17-9-19-21/h3-10,12H,1-2H3,(H,18,20). The Balaban J connectivity index is 1.80. The van der Waals surface area contributed by atoms with Crippen LogP contribution in [0.2, 0.25) is 0 Å². The SMILES string of the molecule is Cc1cc(NC(C)c2cccc(-n3cncn3)c2)ncc1[N+](=O)[O-]. The molecule has 0 spiro atoms. The Bertz CT molecular complexity index is 863. The number of pyridine rings is 1. The summed E-state index contributed by atoms with van der Waals surface area (Å²) in [6.07, 6.45) is 4.40. The lowest BCUT2D eigenvalue weighted by molar-refractivity contribution is -0.385. The van der Waals surface area contributed by atoms with E-state index >= 15 is 0 Å². The molecule has 0 radical (unpaired) electrons. The number of nitrogens with one attached hydrogen (secondary N) is 1. The van der Waals surface area contributed by atoms with Crippen LogP contribution in [0.5, 0.6) is 0 Å². The molecule has 0 saturated carbocycles. The zero-order chi connectivity index (χ0) is 17.1. The van der Waals surface area contributed by atoms with Gasteiger partial charge in [0.05, 0.1) is 16.7 Å². The van der Waals surface area contributed by atoms with E-state index in [0.29, 0.717) is 11.4 Å². The van der Waals surface area contributed by atoms with E-state index in [9.17, 15) is 10.1 Å². The lowest BCUT2D eigenvalue weighted by Crippen LogP contribution is -2.09. The van der Waals surface area contributed by atoms with Crippen LogP contribution in [0.3, 0.4) is 0 Å². The Labute approximate surface area is 138 Å². The van der Waals surface area contributed by atoms with E-state index < -0.39 is 4.92 Å². The topological polar surface area (TPSA) is 98.8 Å². The summed E-state index contributed by atoms with van der Waals surface area (Å²) in [6, 6.07) is 9.54. The van der Waals surface area contributed by atoms with Crippen molar-refractivity contribution in [2.24, 2.45) is 0 Å². The van der Waals surface area contributed by atoms with Crippen molar-refractivity contribution in [3.63, 3.8) is 0 Å². The summed E-state index contributed by atoms with van der Waals surface area (Å²) in [4.78, 5) is 18.5. The molecule has 0 amide bonds. The number of hydrogen-bond acceptors (Lipinski definition) is 6. The molecule has 8 heteroatoms. The van der Waals surface area contributed by atoms with E-state index in [1.54, 1.807) is 24.0 Å². The van der Waals surface area contributed by atoms with Gasteiger partial charge in [-0.05, 0) is 37.6 Å². The third-order valence-corrected chi connectivity index (χ3v) is 3.70. The quantitative estimate of drug-likeness (QED) is 0.572. The second-order valence-electron chi connectivity index (χ2n) is 5.41. The zero-order valence-corrected chi connectivity index (χ0v) is 13.2. The van der Waals surface area contributed by atoms with Gasteiger partial charge in [-0.2, -0.15) is 5.10 Å². The van der Waals surface area contributed by atoms with Crippen LogP contribution in [0.15, 0.2) is 49.2 Å². The van der Waals surface area contributed by atoms with Crippen LogP contribution in [0.4, 0.5) is 11.5 Å². The summed E-state index contributed by atoms with van der Waals surface area (Å²) in [5.74, 6) is 0.594. The first kappa shape index (κ1) is 15.6. The minimum atomic E-state index is -0.433. The minimum Gasteiger partial charge on any atom is -0.364 e. The van der Waals surface area contributed by atoms with Gasteiger partial charge in [0.15, 0.2) is 0 Å². The third-order valence-electron chi connectivity index (χ3n) is 3.70. The van der Waals surface area contributed by atoms with Crippen LogP contribution in [-0.2, 0) is 0 Å². The first-order valence-corrected chi connectivity index (χ1v) is 7.37. The van der Waals surface area contributed by atoms with E-state index in [0.717, 1.165) is 11.3 Å². The van der Waals surface area contributed by atoms with E-state index in [-0.39, 0.29) is 11.7 Å². The minimum absolute atomic E-state index is 0.0152. The molecule has 0 saturated heterocycles. The van der Waals surface area contributed by atoms with Gasteiger partial charge in [-0.25, -0.2) is 14.6 Å². The Morgan fingerprint density at radius 2 is 2.17 bits per heavy atom. The maximum absolute atomic E-state index is 10.9. The second kappa shape index (κ2) is 6.45. The number of aryl methyl sites for hydroxylation is 1. The van der Waals surface area contributed by atoms with E-state index in [1.807, 2.05) is 31.2 Å². The van der Waals surface area contributed by atoms with Gasteiger partial charge in [0.1, 0.15) is 24.7 Å². The summed E-state index contributed by atoms with van der Waals surface area (Å²) in [5.41, 5.74) is 2.54. The molecule has 0 fully saturated rings. The highest BCUT2D eigenvalue weighted by molar-refractivity contribution is 5.48. The molecule has 2 heterocycles. The van der Waals surface area contributed by atoms with Crippen molar-refractivity contribution < 1.29 is 4.92 Å². The Morgan fingerprint density at radius 3 is 2.83 bits per heavy atom. The van der Waals surface area contributed by atoms with Gasteiger partial charge in [-0.3, -0.25) is 10.1 Å². The van der Waals surface area contributed by atoms with Crippen LogP contribution in [-0.4, -0.2) is 24.7 Å². The molecule has 3 rings (SSSR count). The number of rotatable bonds is 5. The van der Waals surface area contributed by atoms with Crippen LogP contribution >= 0.6 is 0 Å². The largest absolute Gasteiger partial charge is 0.364 e. The third kappa shape index (κ3) is 3.22. The van der Waals surface area contributed by atoms with Crippen LogP contribution in [0.1, 0.15) is 24.1 Å². The fourth-order valence-corrected chi connectivity index (χ4v) is 2.40. The van der Waals surface area contributed by atoms with Crippen molar-refractivity contribution >= 4 is 11.5 Å². The highest BCUT2D eigenvalue weighted by atomic mass is 16.6. The summed E-state index contributed by atoms with van der Waals surface area (Å²) < 4.78 is 1.69. The lowest BCUT2D eigenvalue weighted by Gasteiger charge is -2.16. The average Bonchev–Trinajstić information content (AvgIpc) is 3.09. The molecule has 24 heavy (non-hydrogen) atoms. The Kier molecular flexibility index (Phi) is 4.19. The van der Waals surface area contributed by atoms with Crippen LogP contribution in [0, 0.1) is 17.0 Å². The smallest absolute Gasteiger partial charge is 0.290 e. The number of anilines is 1. The monoisotopic (exact) mass is 324 g/mol. The first-order valence-electron chi connectivity index (χ1n) is 7.37. The predicted molar refractivity (Wildman–Crippen MR) is 89.0 cm³/mol. The van der Waals surface area contributed by atoms with Gasteiger partial charge in [-0.1, -0.05) is 12.1 Å². The summed E-state index contributed by atoms with van der Waals surface area (Å²) in [6.45, 7) is 3.69. The molecule has 0 aliphatic heterocycles.